The highest BCUT2D eigenvalue weighted by molar-refractivity contribution is 5.61. The van der Waals surface area contributed by atoms with Gasteiger partial charge in [0, 0.05) is 29.1 Å². The number of benzene rings is 1. The van der Waals surface area contributed by atoms with Crippen molar-refractivity contribution in [2.45, 2.75) is 39.6 Å². The number of aromatic nitrogens is 2. The Bertz CT molecular complexity index is 711. The third kappa shape index (κ3) is 5.60. The molecule has 2 N–H and O–H groups in total. The highest BCUT2D eigenvalue weighted by atomic mass is 19.4. The van der Waals surface area contributed by atoms with E-state index in [-0.39, 0.29) is 11.3 Å². The van der Waals surface area contributed by atoms with E-state index >= 15 is 0 Å². The number of ether oxygens (including phenoxy) is 1. The number of aryl methyl sites for hydroxylation is 1. The Morgan fingerprint density at radius 2 is 1.83 bits per heavy atom. The van der Waals surface area contributed by atoms with Crippen molar-refractivity contribution < 1.29 is 17.9 Å². The summed E-state index contributed by atoms with van der Waals surface area (Å²) in [6, 6.07) is 5.58. The van der Waals surface area contributed by atoms with E-state index in [1.165, 1.54) is 18.2 Å². The molecule has 0 unspecified atom stereocenters. The molecule has 0 aliphatic heterocycles. The van der Waals surface area contributed by atoms with Gasteiger partial charge in [0.25, 0.3) is 0 Å². The third-order valence-corrected chi connectivity index (χ3v) is 2.79. The van der Waals surface area contributed by atoms with Crippen LogP contribution in [-0.2, 0) is 0 Å². The lowest BCUT2D eigenvalue weighted by molar-refractivity contribution is -0.274. The number of alkyl halides is 3. The molecule has 8 heteroatoms. The van der Waals surface area contributed by atoms with Crippen LogP contribution in [0.4, 0.5) is 30.6 Å². The standard InChI is InChI=1S/C16H19F3N4O/c1-10-9-20-14(23-15(2,3)4)22-13(10)21-11-6-5-7-12(8-11)24-16(17,18)19/h5-9H,1-4H3,(H2,20,21,22,23). The lowest BCUT2D eigenvalue weighted by Crippen LogP contribution is -2.27. The van der Waals surface area contributed by atoms with Crippen LogP contribution >= 0.6 is 0 Å². The summed E-state index contributed by atoms with van der Waals surface area (Å²) in [4.78, 5) is 8.56. The van der Waals surface area contributed by atoms with Gasteiger partial charge in [0.1, 0.15) is 11.6 Å². The van der Waals surface area contributed by atoms with Crippen LogP contribution in [0.25, 0.3) is 0 Å². The summed E-state index contributed by atoms with van der Waals surface area (Å²) >= 11 is 0. The highest BCUT2D eigenvalue weighted by Crippen LogP contribution is 2.27. The first-order chi connectivity index (χ1) is 11.0. The maximum absolute atomic E-state index is 12.3. The molecular formula is C16H19F3N4O. The van der Waals surface area contributed by atoms with Crippen LogP contribution in [0.2, 0.25) is 0 Å². The van der Waals surface area contributed by atoms with Gasteiger partial charge >= 0.3 is 6.36 Å². The SMILES string of the molecule is Cc1cnc(NC(C)(C)C)nc1Nc1cccc(OC(F)(F)F)c1. The molecule has 2 rings (SSSR count). The first-order valence-electron chi connectivity index (χ1n) is 7.26. The second-order valence-corrected chi connectivity index (χ2v) is 6.30. The zero-order chi connectivity index (χ0) is 18.0. The minimum absolute atomic E-state index is 0.215. The molecule has 0 radical (unpaired) electrons. The van der Waals surface area contributed by atoms with Gasteiger partial charge in [0.05, 0.1) is 0 Å². The number of hydrogen-bond acceptors (Lipinski definition) is 5. The number of rotatable bonds is 4. The quantitative estimate of drug-likeness (QED) is 0.849. The maximum Gasteiger partial charge on any atom is 0.573 e. The van der Waals surface area contributed by atoms with Crippen molar-refractivity contribution in [1.82, 2.24) is 9.97 Å². The summed E-state index contributed by atoms with van der Waals surface area (Å²) in [5.41, 5.74) is 0.976. The van der Waals surface area contributed by atoms with Crippen LogP contribution < -0.4 is 15.4 Å². The van der Waals surface area contributed by atoms with Gasteiger partial charge < -0.3 is 15.4 Å². The third-order valence-electron chi connectivity index (χ3n) is 2.79. The smallest absolute Gasteiger partial charge is 0.406 e. The maximum atomic E-state index is 12.3. The number of halogens is 3. The Morgan fingerprint density at radius 3 is 2.46 bits per heavy atom. The Morgan fingerprint density at radius 1 is 1.12 bits per heavy atom. The van der Waals surface area contributed by atoms with Crippen molar-refractivity contribution in [3.8, 4) is 5.75 Å². The minimum atomic E-state index is -4.73. The van der Waals surface area contributed by atoms with Crippen LogP contribution in [0, 0.1) is 6.92 Å². The Balaban J connectivity index is 2.21. The number of nitrogens with zero attached hydrogens (tertiary/aromatic N) is 2. The summed E-state index contributed by atoms with van der Waals surface area (Å²) in [5, 5.41) is 6.13. The second-order valence-electron chi connectivity index (χ2n) is 6.30. The van der Waals surface area contributed by atoms with Crippen molar-refractivity contribution in [1.29, 1.82) is 0 Å². The van der Waals surface area contributed by atoms with Crippen molar-refractivity contribution >= 4 is 17.5 Å². The fourth-order valence-corrected chi connectivity index (χ4v) is 1.87. The van der Waals surface area contributed by atoms with Gasteiger partial charge in [0.2, 0.25) is 5.95 Å². The molecular weight excluding hydrogens is 321 g/mol. The first-order valence-corrected chi connectivity index (χ1v) is 7.26. The molecule has 0 amide bonds. The average Bonchev–Trinajstić information content (AvgIpc) is 2.39. The largest absolute Gasteiger partial charge is 0.573 e. The van der Waals surface area contributed by atoms with Crippen LogP contribution in [0.3, 0.4) is 0 Å². The van der Waals surface area contributed by atoms with E-state index in [9.17, 15) is 13.2 Å². The first kappa shape index (κ1) is 17.8. The minimum Gasteiger partial charge on any atom is -0.406 e. The molecule has 0 aliphatic carbocycles. The topological polar surface area (TPSA) is 59.1 Å². The predicted octanol–water partition coefficient (Wildman–Crippen LogP) is 4.64. The molecule has 5 nitrogen and oxygen atoms in total. The summed E-state index contributed by atoms with van der Waals surface area (Å²) in [7, 11) is 0. The molecule has 1 aromatic heterocycles. The second kappa shape index (κ2) is 6.54. The molecule has 2 aromatic rings. The lowest BCUT2D eigenvalue weighted by Gasteiger charge is -2.21. The molecule has 130 valence electrons. The van der Waals surface area contributed by atoms with Gasteiger partial charge in [-0.15, -0.1) is 13.2 Å². The van der Waals surface area contributed by atoms with Gasteiger partial charge in [-0.25, -0.2) is 4.98 Å². The Labute approximate surface area is 138 Å². The van der Waals surface area contributed by atoms with E-state index in [0.717, 1.165) is 5.56 Å². The van der Waals surface area contributed by atoms with E-state index in [1.54, 1.807) is 19.2 Å². The van der Waals surface area contributed by atoms with Crippen molar-refractivity contribution in [3.63, 3.8) is 0 Å². The predicted molar refractivity (Wildman–Crippen MR) is 86.6 cm³/mol. The van der Waals surface area contributed by atoms with Gasteiger partial charge in [-0.1, -0.05) is 6.07 Å². The van der Waals surface area contributed by atoms with E-state index in [1.807, 2.05) is 20.8 Å². The van der Waals surface area contributed by atoms with Gasteiger partial charge in [-0.2, -0.15) is 4.98 Å². The molecule has 1 heterocycles. The van der Waals surface area contributed by atoms with Crippen molar-refractivity contribution in [3.05, 3.63) is 36.0 Å². The highest BCUT2D eigenvalue weighted by Gasteiger charge is 2.31. The average molecular weight is 340 g/mol. The zero-order valence-corrected chi connectivity index (χ0v) is 13.8. The summed E-state index contributed by atoms with van der Waals surface area (Å²) in [6.45, 7) is 7.73. The summed E-state index contributed by atoms with van der Waals surface area (Å²) in [6.07, 6.45) is -3.09. The van der Waals surface area contributed by atoms with E-state index < -0.39 is 6.36 Å². The fourth-order valence-electron chi connectivity index (χ4n) is 1.87. The van der Waals surface area contributed by atoms with Crippen LogP contribution in [-0.4, -0.2) is 21.9 Å². The fraction of sp³-hybridized carbons (Fsp3) is 0.375. The lowest BCUT2D eigenvalue weighted by atomic mass is 10.1. The van der Waals surface area contributed by atoms with Gasteiger partial charge in [-0.05, 0) is 39.8 Å². The van der Waals surface area contributed by atoms with Crippen LogP contribution in [0.1, 0.15) is 26.3 Å². The normalized spacial score (nSPS) is 12.0. The van der Waals surface area contributed by atoms with E-state index in [0.29, 0.717) is 17.5 Å². The Hall–Kier alpha value is -2.51. The molecule has 0 saturated heterocycles. The number of hydrogen-bond donors (Lipinski definition) is 2. The number of anilines is 3. The molecule has 0 spiro atoms. The monoisotopic (exact) mass is 340 g/mol. The molecule has 0 fully saturated rings. The van der Waals surface area contributed by atoms with E-state index in [4.69, 9.17) is 0 Å². The zero-order valence-electron chi connectivity index (χ0n) is 13.8. The molecule has 0 aliphatic rings. The van der Waals surface area contributed by atoms with Gasteiger partial charge in [0.15, 0.2) is 0 Å². The van der Waals surface area contributed by atoms with E-state index in [2.05, 4.69) is 25.3 Å². The Kier molecular flexibility index (Phi) is 4.86. The molecule has 24 heavy (non-hydrogen) atoms. The van der Waals surface area contributed by atoms with Crippen LogP contribution in [0.15, 0.2) is 30.5 Å². The van der Waals surface area contributed by atoms with Gasteiger partial charge in [-0.3, -0.25) is 0 Å². The molecule has 0 bridgehead atoms. The molecule has 0 saturated carbocycles. The van der Waals surface area contributed by atoms with Crippen molar-refractivity contribution in [2.24, 2.45) is 0 Å². The molecule has 1 aromatic carbocycles. The summed E-state index contributed by atoms with van der Waals surface area (Å²) < 4.78 is 40.8. The summed E-state index contributed by atoms with van der Waals surface area (Å²) in [5.74, 6) is 0.631. The number of nitrogens with one attached hydrogen (secondary N) is 2. The van der Waals surface area contributed by atoms with Crippen LogP contribution in [0.5, 0.6) is 5.75 Å². The van der Waals surface area contributed by atoms with Crippen molar-refractivity contribution in [2.75, 3.05) is 10.6 Å². The molecule has 0 atom stereocenters.